The third-order valence-corrected chi connectivity index (χ3v) is 3.69. The summed E-state index contributed by atoms with van der Waals surface area (Å²) in [5.74, 6) is -0.154. The van der Waals surface area contributed by atoms with Crippen LogP contribution in [0.3, 0.4) is 0 Å². The Morgan fingerprint density at radius 3 is 2.24 bits per heavy atom. The summed E-state index contributed by atoms with van der Waals surface area (Å²) in [7, 11) is 0. The number of benzene rings is 2. The number of carbonyl (C=O) groups is 2. The van der Waals surface area contributed by atoms with Crippen molar-refractivity contribution >= 4 is 12.1 Å². The van der Waals surface area contributed by atoms with Crippen molar-refractivity contribution in [2.24, 2.45) is 0 Å². The Labute approximate surface area is 147 Å². The predicted octanol–water partition coefficient (Wildman–Crippen LogP) is 4.88. The Morgan fingerprint density at radius 1 is 1.00 bits per heavy atom. The van der Waals surface area contributed by atoms with Crippen molar-refractivity contribution in [2.45, 2.75) is 33.1 Å². The van der Waals surface area contributed by atoms with Gasteiger partial charge < -0.3 is 14.6 Å². The van der Waals surface area contributed by atoms with Crippen LogP contribution in [0.4, 0.5) is 4.79 Å². The highest BCUT2D eigenvalue weighted by atomic mass is 16.7. The van der Waals surface area contributed by atoms with Gasteiger partial charge in [0.2, 0.25) is 0 Å². The van der Waals surface area contributed by atoms with Crippen molar-refractivity contribution < 1.29 is 24.2 Å². The molecule has 5 nitrogen and oxygen atoms in total. The first-order valence-electron chi connectivity index (χ1n) is 8.06. The third-order valence-electron chi connectivity index (χ3n) is 3.69. The van der Waals surface area contributed by atoms with E-state index >= 15 is 0 Å². The summed E-state index contributed by atoms with van der Waals surface area (Å²) in [6.07, 6.45) is -1.37. The molecule has 25 heavy (non-hydrogen) atoms. The molecule has 0 aliphatic heterocycles. The summed E-state index contributed by atoms with van der Waals surface area (Å²) >= 11 is 0. The van der Waals surface area contributed by atoms with Crippen LogP contribution in [0.2, 0.25) is 0 Å². The molecular formula is C20H22O5. The zero-order valence-corrected chi connectivity index (χ0v) is 14.8. The third kappa shape index (κ3) is 4.18. The van der Waals surface area contributed by atoms with E-state index in [9.17, 15) is 9.59 Å². The van der Waals surface area contributed by atoms with E-state index in [1.807, 2.05) is 39.0 Å². The van der Waals surface area contributed by atoms with Gasteiger partial charge in [-0.25, -0.2) is 9.59 Å². The van der Waals surface area contributed by atoms with Gasteiger partial charge in [0.05, 0.1) is 12.2 Å². The molecule has 5 heteroatoms. The maximum atomic E-state index is 12.3. The molecule has 0 bridgehead atoms. The van der Waals surface area contributed by atoms with Crippen LogP contribution in [0.5, 0.6) is 5.75 Å². The summed E-state index contributed by atoms with van der Waals surface area (Å²) < 4.78 is 10.1. The second kappa shape index (κ2) is 7.38. The van der Waals surface area contributed by atoms with Gasteiger partial charge in [0, 0.05) is 5.56 Å². The van der Waals surface area contributed by atoms with Crippen LogP contribution in [-0.4, -0.2) is 23.8 Å². The first-order chi connectivity index (χ1) is 11.8. The first kappa shape index (κ1) is 18.5. The summed E-state index contributed by atoms with van der Waals surface area (Å²) in [6.45, 7) is 7.93. The van der Waals surface area contributed by atoms with Crippen LogP contribution in [0.1, 0.15) is 43.6 Å². The molecule has 0 aliphatic carbocycles. The number of hydrogen-bond donors (Lipinski definition) is 1. The second-order valence-corrected chi connectivity index (χ2v) is 6.56. The van der Waals surface area contributed by atoms with Crippen molar-refractivity contribution in [3.8, 4) is 16.9 Å². The number of hydrogen-bond acceptors (Lipinski definition) is 4. The van der Waals surface area contributed by atoms with Crippen molar-refractivity contribution in [1.29, 1.82) is 0 Å². The van der Waals surface area contributed by atoms with E-state index in [0.29, 0.717) is 16.7 Å². The monoisotopic (exact) mass is 342 g/mol. The maximum Gasteiger partial charge on any atom is 0.511 e. The molecule has 2 aromatic carbocycles. The minimum absolute atomic E-state index is 0.260. The summed E-state index contributed by atoms with van der Waals surface area (Å²) in [6, 6.07) is 12.3. The minimum atomic E-state index is -1.37. The van der Waals surface area contributed by atoms with Crippen LogP contribution < -0.4 is 4.74 Å². The van der Waals surface area contributed by atoms with E-state index < -0.39 is 17.5 Å². The molecule has 2 aromatic rings. The Morgan fingerprint density at radius 2 is 1.64 bits per heavy atom. The molecule has 1 N–H and O–H groups in total. The normalized spacial score (nSPS) is 11.0. The number of ether oxygens (including phenoxy) is 2. The average Bonchev–Trinajstić information content (AvgIpc) is 2.53. The Balaban J connectivity index is 2.72. The molecule has 0 aromatic heterocycles. The Bertz CT molecular complexity index is 787. The molecule has 0 amide bonds. The van der Waals surface area contributed by atoms with Crippen molar-refractivity contribution in [2.75, 3.05) is 6.61 Å². The quantitative estimate of drug-likeness (QED) is 0.633. The fraction of sp³-hybridized carbons (Fsp3) is 0.300. The number of esters is 1. The molecule has 0 heterocycles. The molecule has 0 atom stereocenters. The van der Waals surface area contributed by atoms with Gasteiger partial charge >= 0.3 is 12.1 Å². The standard InChI is InChI=1S/C20H22O5/c1-5-24-18(21)15-10-7-6-9-13(15)14-11-8-12-16(25-19(22)23)17(14)20(2,3)4/h6-12H,5H2,1-4H3,(H,22,23). The van der Waals surface area contributed by atoms with E-state index in [4.69, 9.17) is 14.6 Å². The van der Waals surface area contributed by atoms with Gasteiger partial charge in [0.1, 0.15) is 5.75 Å². The lowest BCUT2D eigenvalue weighted by Crippen LogP contribution is -2.17. The number of carboxylic acid groups (broad SMARTS) is 1. The highest BCUT2D eigenvalue weighted by molar-refractivity contribution is 5.98. The van der Waals surface area contributed by atoms with Gasteiger partial charge in [0.15, 0.2) is 0 Å². The van der Waals surface area contributed by atoms with Gasteiger partial charge in [-0.2, -0.15) is 0 Å². The topological polar surface area (TPSA) is 72.8 Å². The summed E-state index contributed by atoms with van der Waals surface area (Å²) in [5.41, 5.74) is 2.18. The van der Waals surface area contributed by atoms with E-state index in [-0.39, 0.29) is 12.4 Å². The van der Waals surface area contributed by atoms with Crippen LogP contribution in [-0.2, 0) is 10.2 Å². The van der Waals surface area contributed by atoms with E-state index in [0.717, 1.165) is 5.56 Å². The molecule has 0 fully saturated rings. The fourth-order valence-electron chi connectivity index (χ4n) is 2.81. The molecule has 0 saturated heterocycles. The molecule has 2 rings (SSSR count). The molecule has 0 unspecified atom stereocenters. The summed E-state index contributed by atoms with van der Waals surface area (Å²) in [4.78, 5) is 23.4. The number of carbonyl (C=O) groups excluding carboxylic acids is 1. The zero-order valence-electron chi connectivity index (χ0n) is 14.8. The van der Waals surface area contributed by atoms with Crippen molar-refractivity contribution in [1.82, 2.24) is 0 Å². The van der Waals surface area contributed by atoms with Gasteiger partial charge in [-0.1, -0.05) is 51.1 Å². The number of rotatable bonds is 4. The molecular weight excluding hydrogens is 320 g/mol. The average molecular weight is 342 g/mol. The Hall–Kier alpha value is -2.82. The highest BCUT2D eigenvalue weighted by Crippen LogP contribution is 2.40. The Kier molecular flexibility index (Phi) is 5.47. The van der Waals surface area contributed by atoms with Crippen LogP contribution in [0.25, 0.3) is 11.1 Å². The van der Waals surface area contributed by atoms with Gasteiger partial charge in [-0.15, -0.1) is 0 Å². The van der Waals surface area contributed by atoms with Crippen LogP contribution >= 0.6 is 0 Å². The second-order valence-electron chi connectivity index (χ2n) is 6.56. The maximum absolute atomic E-state index is 12.3. The lowest BCUT2D eigenvalue weighted by Gasteiger charge is -2.26. The van der Waals surface area contributed by atoms with E-state index in [1.165, 1.54) is 0 Å². The first-order valence-corrected chi connectivity index (χ1v) is 8.06. The van der Waals surface area contributed by atoms with E-state index in [2.05, 4.69) is 0 Å². The van der Waals surface area contributed by atoms with Crippen LogP contribution in [0, 0.1) is 0 Å². The van der Waals surface area contributed by atoms with Gasteiger partial charge in [-0.3, -0.25) is 0 Å². The zero-order chi connectivity index (χ0) is 18.6. The minimum Gasteiger partial charge on any atom is -0.462 e. The SMILES string of the molecule is CCOC(=O)c1ccccc1-c1cccc(OC(=O)O)c1C(C)(C)C. The fourth-order valence-corrected chi connectivity index (χ4v) is 2.81. The summed E-state index contributed by atoms with van der Waals surface area (Å²) in [5, 5.41) is 9.03. The van der Waals surface area contributed by atoms with Crippen molar-refractivity contribution in [3.63, 3.8) is 0 Å². The highest BCUT2D eigenvalue weighted by Gasteiger charge is 2.26. The lowest BCUT2D eigenvalue weighted by atomic mass is 9.80. The lowest BCUT2D eigenvalue weighted by molar-refractivity contribution is 0.0527. The van der Waals surface area contributed by atoms with Gasteiger partial charge in [-0.05, 0) is 35.6 Å². The molecule has 132 valence electrons. The van der Waals surface area contributed by atoms with Gasteiger partial charge in [0.25, 0.3) is 0 Å². The molecule has 0 aliphatic rings. The van der Waals surface area contributed by atoms with Crippen LogP contribution in [0.15, 0.2) is 42.5 Å². The molecule has 0 radical (unpaired) electrons. The molecule has 0 saturated carbocycles. The predicted molar refractivity (Wildman–Crippen MR) is 95.2 cm³/mol. The largest absolute Gasteiger partial charge is 0.511 e. The van der Waals surface area contributed by atoms with Crippen molar-refractivity contribution in [3.05, 3.63) is 53.6 Å². The van der Waals surface area contributed by atoms with E-state index in [1.54, 1.807) is 31.2 Å². The molecule has 0 spiro atoms. The smallest absolute Gasteiger partial charge is 0.462 e.